The van der Waals surface area contributed by atoms with Crippen LogP contribution < -0.4 is 5.32 Å². The van der Waals surface area contributed by atoms with Crippen molar-refractivity contribution < 1.29 is 14.1 Å². The predicted octanol–water partition coefficient (Wildman–Crippen LogP) is 2.78. The highest BCUT2D eigenvalue weighted by atomic mass is 16.5. The van der Waals surface area contributed by atoms with Gasteiger partial charge < -0.3 is 14.6 Å². The van der Waals surface area contributed by atoms with Gasteiger partial charge in [0.25, 0.3) is 0 Å². The molecule has 0 amide bonds. The Labute approximate surface area is 123 Å². The predicted molar refractivity (Wildman–Crippen MR) is 78.6 cm³/mol. The first-order chi connectivity index (χ1) is 10.2. The first-order valence-corrected chi connectivity index (χ1v) is 7.06. The quantitative estimate of drug-likeness (QED) is 0.879. The van der Waals surface area contributed by atoms with E-state index < -0.39 is 0 Å². The highest BCUT2D eigenvalue weighted by Crippen LogP contribution is 2.35. The van der Waals surface area contributed by atoms with Crippen LogP contribution >= 0.6 is 0 Å². The summed E-state index contributed by atoms with van der Waals surface area (Å²) < 4.78 is 10.0. The summed E-state index contributed by atoms with van der Waals surface area (Å²) in [5.74, 6) is 0.895. The second-order valence-corrected chi connectivity index (χ2v) is 5.24. The molecule has 5 nitrogen and oxygen atoms in total. The highest BCUT2D eigenvalue weighted by Gasteiger charge is 2.26. The van der Waals surface area contributed by atoms with Gasteiger partial charge in [0.15, 0.2) is 0 Å². The Balaban J connectivity index is 1.78. The zero-order valence-electron chi connectivity index (χ0n) is 12.2. The zero-order chi connectivity index (χ0) is 14.8. The van der Waals surface area contributed by atoms with E-state index in [0.29, 0.717) is 11.5 Å². The lowest BCUT2D eigenvalue weighted by Gasteiger charge is -2.21. The van der Waals surface area contributed by atoms with Crippen molar-refractivity contribution in [2.75, 3.05) is 19.5 Å². The molecule has 5 heteroatoms. The Morgan fingerprint density at radius 1 is 1.38 bits per heavy atom. The third kappa shape index (κ3) is 2.51. The number of ether oxygens (including phenoxy) is 1. The molecule has 1 atom stereocenters. The van der Waals surface area contributed by atoms with Gasteiger partial charge >= 0.3 is 5.97 Å². The van der Waals surface area contributed by atoms with Crippen LogP contribution in [0, 0.1) is 0 Å². The summed E-state index contributed by atoms with van der Waals surface area (Å²) in [6.07, 6.45) is 2.89. The molecule has 1 unspecified atom stereocenters. The lowest BCUT2D eigenvalue weighted by Crippen LogP contribution is -2.13. The van der Waals surface area contributed by atoms with Crippen molar-refractivity contribution >= 4 is 11.9 Å². The number of methoxy groups -OCH3 is 1. The molecule has 0 saturated carbocycles. The molecule has 21 heavy (non-hydrogen) atoms. The number of fused-ring (bicyclic) bond motifs is 1. The van der Waals surface area contributed by atoms with E-state index in [2.05, 4.69) is 10.5 Å². The Morgan fingerprint density at radius 2 is 2.14 bits per heavy atom. The SMILES string of the molecule is CNc1onc2c1CCC(c1ccc(C(=O)OC)cc1)C2. The number of nitrogens with zero attached hydrogens (tertiary/aromatic N) is 1. The van der Waals surface area contributed by atoms with Gasteiger partial charge in [0, 0.05) is 19.0 Å². The minimum absolute atomic E-state index is 0.303. The molecular formula is C16H18N2O3. The number of hydrogen-bond donors (Lipinski definition) is 1. The van der Waals surface area contributed by atoms with Crippen molar-refractivity contribution in [2.45, 2.75) is 25.2 Å². The van der Waals surface area contributed by atoms with Gasteiger partial charge in [0.2, 0.25) is 5.88 Å². The third-order valence-corrected chi connectivity index (χ3v) is 4.08. The molecule has 110 valence electrons. The molecule has 2 aromatic rings. The Morgan fingerprint density at radius 3 is 2.81 bits per heavy atom. The van der Waals surface area contributed by atoms with Crippen molar-refractivity contribution in [1.82, 2.24) is 5.16 Å². The van der Waals surface area contributed by atoms with E-state index in [-0.39, 0.29) is 5.97 Å². The van der Waals surface area contributed by atoms with E-state index in [1.165, 1.54) is 18.2 Å². The van der Waals surface area contributed by atoms with Crippen molar-refractivity contribution in [1.29, 1.82) is 0 Å². The summed E-state index contributed by atoms with van der Waals surface area (Å²) in [6.45, 7) is 0. The summed E-state index contributed by atoms with van der Waals surface area (Å²) in [4.78, 5) is 11.4. The van der Waals surface area contributed by atoms with Crippen LogP contribution in [0.3, 0.4) is 0 Å². The number of esters is 1. The summed E-state index contributed by atoms with van der Waals surface area (Å²) in [5, 5.41) is 7.19. The fraction of sp³-hybridized carbons (Fsp3) is 0.375. The molecule has 0 aliphatic heterocycles. The maximum atomic E-state index is 11.4. The first-order valence-electron chi connectivity index (χ1n) is 7.06. The second kappa shape index (κ2) is 5.60. The number of aromatic nitrogens is 1. The summed E-state index contributed by atoms with van der Waals surface area (Å²) in [5.41, 5.74) is 4.03. The highest BCUT2D eigenvalue weighted by molar-refractivity contribution is 5.89. The minimum atomic E-state index is -0.303. The van der Waals surface area contributed by atoms with Gasteiger partial charge in [0.1, 0.15) is 0 Å². The van der Waals surface area contributed by atoms with Crippen LogP contribution in [0.25, 0.3) is 0 Å². The van der Waals surface area contributed by atoms with Crippen molar-refractivity contribution in [2.24, 2.45) is 0 Å². The average Bonchev–Trinajstić information content (AvgIpc) is 2.96. The third-order valence-electron chi connectivity index (χ3n) is 4.08. The van der Waals surface area contributed by atoms with Gasteiger partial charge in [-0.15, -0.1) is 0 Å². The number of benzene rings is 1. The molecule has 1 heterocycles. The normalized spacial score (nSPS) is 17.1. The van der Waals surface area contributed by atoms with Gasteiger partial charge in [0.05, 0.1) is 18.4 Å². The van der Waals surface area contributed by atoms with Gasteiger partial charge in [-0.1, -0.05) is 17.3 Å². The molecule has 1 aliphatic rings. The molecule has 1 aliphatic carbocycles. The first kappa shape index (κ1) is 13.7. The summed E-state index contributed by atoms with van der Waals surface area (Å²) in [6, 6.07) is 7.64. The Hall–Kier alpha value is -2.30. The standard InChI is InChI=1S/C16H18N2O3/c1-17-15-13-8-7-12(9-14(13)18-21-15)10-3-5-11(6-4-10)16(19)20-2/h3-6,12,17H,7-9H2,1-2H3. The molecule has 0 radical (unpaired) electrons. The van der Waals surface area contributed by atoms with E-state index in [4.69, 9.17) is 9.26 Å². The van der Waals surface area contributed by atoms with E-state index in [1.807, 2.05) is 31.3 Å². The lowest BCUT2D eigenvalue weighted by atomic mass is 9.83. The van der Waals surface area contributed by atoms with E-state index in [1.54, 1.807) is 0 Å². The molecule has 0 saturated heterocycles. The largest absolute Gasteiger partial charge is 0.465 e. The fourth-order valence-electron chi connectivity index (χ4n) is 2.90. The Kier molecular flexibility index (Phi) is 3.64. The maximum Gasteiger partial charge on any atom is 0.337 e. The number of hydrogen-bond acceptors (Lipinski definition) is 5. The van der Waals surface area contributed by atoms with Crippen LogP contribution in [0.5, 0.6) is 0 Å². The lowest BCUT2D eigenvalue weighted by molar-refractivity contribution is 0.0600. The van der Waals surface area contributed by atoms with Gasteiger partial charge in [-0.3, -0.25) is 0 Å². The second-order valence-electron chi connectivity index (χ2n) is 5.24. The zero-order valence-corrected chi connectivity index (χ0v) is 12.2. The number of carbonyl (C=O) groups is 1. The molecule has 3 rings (SSSR count). The maximum absolute atomic E-state index is 11.4. The molecule has 0 bridgehead atoms. The summed E-state index contributed by atoms with van der Waals surface area (Å²) in [7, 11) is 3.24. The fourth-order valence-corrected chi connectivity index (χ4v) is 2.90. The molecule has 1 N–H and O–H groups in total. The van der Waals surface area contributed by atoms with Crippen LogP contribution in [0.15, 0.2) is 28.8 Å². The van der Waals surface area contributed by atoms with Crippen LogP contribution in [0.1, 0.15) is 39.5 Å². The number of anilines is 1. The van der Waals surface area contributed by atoms with Crippen LogP contribution in [0.4, 0.5) is 5.88 Å². The van der Waals surface area contributed by atoms with E-state index >= 15 is 0 Å². The van der Waals surface area contributed by atoms with Gasteiger partial charge in [-0.05, 0) is 36.5 Å². The smallest absolute Gasteiger partial charge is 0.337 e. The number of carbonyl (C=O) groups excluding carboxylic acids is 1. The minimum Gasteiger partial charge on any atom is -0.465 e. The molecule has 0 spiro atoms. The van der Waals surface area contributed by atoms with Crippen molar-refractivity contribution in [3.05, 3.63) is 46.6 Å². The topological polar surface area (TPSA) is 64.4 Å². The molecule has 1 aromatic carbocycles. The average molecular weight is 286 g/mol. The monoisotopic (exact) mass is 286 g/mol. The number of rotatable bonds is 3. The van der Waals surface area contributed by atoms with Gasteiger partial charge in [-0.2, -0.15) is 0 Å². The Bertz CT molecular complexity index is 646. The molecule has 0 fully saturated rings. The molecule has 1 aromatic heterocycles. The number of nitrogens with one attached hydrogen (secondary N) is 1. The van der Waals surface area contributed by atoms with Crippen LogP contribution in [-0.2, 0) is 17.6 Å². The molecular weight excluding hydrogens is 268 g/mol. The van der Waals surface area contributed by atoms with Crippen molar-refractivity contribution in [3.63, 3.8) is 0 Å². The van der Waals surface area contributed by atoms with Crippen LogP contribution in [-0.4, -0.2) is 25.3 Å². The summed E-state index contributed by atoms with van der Waals surface area (Å²) >= 11 is 0. The van der Waals surface area contributed by atoms with Crippen LogP contribution in [0.2, 0.25) is 0 Å². The van der Waals surface area contributed by atoms with E-state index in [9.17, 15) is 4.79 Å². The van der Waals surface area contributed by atoms with Crippen molar-refractivity contribution in [3.8, 4) is 0 Å². The van der Waals surface area contributed by atoms with Gasteiger partial charge in [-0.25, -0.2) is 4.79 Å². The van der Waals surface area contributed by atoms with E-state index in [0.717, 1.165) is 30.8 Å².